The Bertz CT molecular complexity index is 630. The van der Waals surface area contributed by atoms with Crippen LogP contribution in [0, 0.1) is 0 Å². The molecule has 0 bridgehead atoms. The number of carbonyl (C=O) groups excluding carboxylic acids is 1. The van der Waals surface area contributed by atoms with Gasteiger partial charge >= 0.3 is 5.97 Å². The van der Waals surface area contributed by atoms with E-state index < -0.39 is 6.23 Å². The number of esters is 1. The molecular formula is C19H21NO3. The van der Waals surface area contributed by atoms with Gasteiger partial charge in [-0.25, -0.2) is 4.79 Å². The van der Waals surface area contributed by atoms with Gasteiger partial charge in [-0.2, -0.15) is 0 Å². The van der Waals surface area contributed by atoms with Crippen molar-refractivity contribution in [2.45, 2.75) is 25.7 Å². The van der Waals surface area contributed by atoms with Gasteiger partial charge in [0, 0.05) is 6.54 Å². The van der Waals surface area contributed by atoms with Crippen LogP contribution in [0.25, 0.3) is 0 Å². The molecule has 0 amide bonds. The first-order valence-electron chi connectivity index (χ1n) is 7.92. The summed E-state index contributed by atoms with van der Waals surface area (Å²) in [7, 11) is 0. The summed E-state index contributed by atoms with van der Waals surface area (Å²) in [4.78, 5) is 14.3. The van der Waals surface area contributed by atoms with Crippen molar-refractivity contribution >= 4 is 5.97 Å². The minimum absolute atomic E-state index is 0.0470. The lowest BCUT2D eigenvalue weighted by Crippen LogP contribution is -2.39. The lowest BCUT2D eigenvalue weighted by Gasteiger charge is -2.27. The lowest BCUT2D eigenvalue weighted by atomic mass is 10.1. The van der Waals surface area contributed by atoms with Gasteiger partial charge in [-0.05, 0) is 18.1 Å². The normalized spacial score (nSPS) is 21.3. The van der Waals surface area contributed by atoms with E-state index in [0.29, 0.717) is 19.8 Å². The first kappa shape index (κ1) is 15.7. The third-order valence-electron chi connectivity index (χ3n) is 3.99. The Morgan fingerprint density at radius 2 is 1.78 bits per heavy atom. The Kier molecular flexibility index (Phi) is 5.05. The maximum atomic E-state index is 12.2. The summed E-state index contributed by atoms with van der Waals surface area (Å²) >= 11 is 0. The molecule has 0 spiro atoms. The van der Waals surface area contributed by atoms with Crippen LogP contribution in [0.1, 0.15) is 24.1 Å². The molecule has 0 aliphatic carbocycles. The van der Waals surface area contributed by atoms with Crippen molar-refractivity contribution in [3.05, 3.63) is 71.8 Å². The van der Waals surface area contributed by atoms with Crippen molar-refractivity contribution in [3.63, 3.8) is 0 Å². The SMILES string of the molecule is CCOC(=O)C1OCC(c2ccccc2)N1Cc1ccccc1. The summed E-state index contributed by atoms with van der Waals surface area (Å²) in [6.07, 6.45) is -0.652. The van der Waals surface area contributed by atoms with Crippen LogP contribution in [-0.2, 0) is 20.8 Å². The second-order valence-electron chi connectivity index (χ2n) is 5.52. The van der Waals surface area contributed by atoms with Crippen LogP contribution in [0.4, 0.5) is 0 Å². The quantitative estimate of drug-likeness (QED) is 0.795. The van der Waals surface area contributed by atoms with Crippen molar-refractivity contribution in [1.29, 1.82) is 0 Å². The molecule has 2 aromatic rings. The molecule has 1 heterocycles. The molecule has 0 aromatic heterocycles. The van der Waals surface area contributed by atoms with Crippen LogP contribution in [-0.4, -0.2) is 30.3 Å². The Hall–Kier alpha value is -2.17. The molecule has 1 saturated heterocycles. The van der Waals surface area contributed by atoms with Gasteiger partial charge in [-0.3, -0.25) is 4.90 Å². The highest BCUT2D eigenvalue weighted by Gasteiger charge is 2.40. The van der Waals surface area contributed by atoms with Crippen LogP contribution < -0.4 is 0 Å². The fraction of sp³-hybridized carbons (Fsp3) is 0.316. The Balaban J connectivity index is 1.86. The standard InChI is InChI=1S/C19H21NO3/c1-2-22-19(21)18-20(13-15-9-5-3-6-10-15)17(14-23-18)16-11-7-4-8-12-16/h3-12,17-18H,2,13-14H2,1H3. The van der Waals surface area contributed by atoms with Gasteiger partial charge in [0.05, 0.1) is 19.3 Å². The highest BCUT2D eigenvalue weighted by atomic mass is 16.6. The number of carbonyl (C=O) groups is 1. The Labute approximate surface area is 136 Å². The molecule has 2 unspecified atom stereocenters. The summed E-state index contributed by atoms with van der Waals surface area (Å²) in [5, 5.41) is 0. The smallest absolute Gasteiger partial charge is 0.350 e. The first-order chi connectivity index (χ1) is 11.3. The molecule has 4 heteroatoms. The molecule has 1 aliphatic rings. The van der Waals surface area contributed by atoms with Crippen molar-refractivity contribution in [3.8, 4) is 0 Å². The number of benzene rings is 2. The summed E-state index contributed by atoms with van der Waals surface area (Å²) in [6, 6.07) is 20.3. The van der Waals surface area contributed by atoms with Gasteiger partial charge in [0.25, 0.3) is 0 Å². The van der Waals surface area contributed by atoms with E-state index in [9.17, 15) is 4.79 Å². The van der Waals surface area contributed by atoms with E-state index in [2.05, 4.69) is 29.2 Å². The summed E-state index contributed by atoms with van der Waals surface area (Å²) in [6.45, 7) is 3.29. The average molecular weight is 311 g/mol. The zero-order chi connectivity index (χ0) is 16.1. The van der Waals surface area contributed by atoms with Crippen LogP contribution >= 0.6 is 0 Å². The first-order valence-corrected chi connectivity index (χ1v) is 7.92. The zero-order valence-corrected chi connectivity index (χ0v) is 13.2. The minimum atomic E-state index is -0.652. The average Bonchev–Trinajstić information content (AvgIpc) is 3.00. The molecular weight excluding hydrogens is 290 g/mol. The molecule has 0 radical (unpaired) electrons. The van der Waals surface area contributed by atoms with Gasteiger partial charge in [-0.1, -0.05) is 60.7 Å². The van der Waals surface area contributed by atoms with E-state index in [0.717, 1.165) is 11.1 Å². The molecule has 0 saturated carbocycles. The van der Waals surface area contributed by atoms with E-state index in [4.69, 9.17) is 9.47 Å². The Morgan fingerprint density at radius 3 is 2.43 bits per heavy atom. The monoisotopic (exact) mass is 311 g/mol. The van der Waals surface area contributed by atoms with E-state index in [1.807, 2.05) is 43.3 Å². The molecule has 120 valence electrons. The third kappa shape index (κ3) is 3.60. The molecule has 23 heavy (non-hydrogen) atoms. The number of rotatable bonds is 5. The molecule has 1 fully saturated rings. The summed E-state index contributed by atoms with van der Waals surface area (Å²) < 4.78 is 10.9. The van der Waals surface area contributed by atoms with Crippen LogP contribution in [0.2, 0.25) is 0 Å². The van der Waals surface area contributed by atoms with Crippen molar-refractivity contribution < 1.29 is 14.3 Å². The maximum Gasteiger partial charge on any atom is 0.350 e. The van der Waals surface area contributed by atoms with Crippen LogP contribution in [0.3, 0.4) is 0 Å². The zero-order valence-electron chi connectivity index (χ0n) is 13.2. The molecule has 4 nitrogen and oxygen atoms in total. The van der Waals surface area contributed by atoms with Crippen molar-refractivity contribution in [1.82, 2.24) is 4.90 Å². The second kappa shape index (κ2) is 7.40. The molecule has 2 atom stereocenters. The highest BCUT2D eigenvalue weighted by molar-refractivity contribution is 5.74. The van der Waals surface area contributed by atoms with E-state index in [1.54, 1.807) is 0 Å². The number of ether oxygens (including phenoxy) is 2. The molecule has 1 aliphatic heterocycles. The van der Waals surface area contributed by atoms with Gasteiger partial charge < -0.3 is 9.47 Å². The predicted octanol–water partition coefficient (Wildman–Crippen LogP) is 3.15. The van der Waals surface area contributed by atoms with Gasteiger partial charge in [0.1, 0.15) is 0 Å². The van der Waals surface area contributed by atoms with E-state index >= 15 is 0 Å². The van der Waals surface area contributed by atoms with Crippen molar-refractivity contribution in [2.75, 3.05) is 13.2 Å². The van der Waals surface area contributed by atoms with Gasteiger partial charge in [0.2, 0.25) is 6.23 Å². The second-order valence-corrected chi connectivity index (χ2v) is 5.52. The molecule has 0 N–H and O–H groups in total. The number of hydrogen-bond acceptors (Lipinski definition) is 4. The summed E-state index contributed by atoms with van der Waals surface area (Å²) in [5.74, 6) is -0.318. The topological polar surface area (TPSA) is 38.8 Å². The maximum absolute atomic E-state index is 12.2. The largest absolute Gasteiger partial charge is 0.463 e. The highest BCUT2D eigenvalue weighted by Crippen LogP contribution is 2.32. The number of hydrogen-bond donors (Lipinski definition) is 0. The number of nitrogens with zero attached hydrogens (tertiary/aromatic N) is 1. The Morgan fingerprint density at radius 1 is 1.13 bits per heavy atom. The van der Waals surface area contributed by atoms with Crippen LogP contribution in [0.15, 0.2) is 60.7 Å². The molecule has 2 aromatic carbocycles. The van der Waals surface area contributed by atoms with Crippen LogP contribution in [0.5, 0.6) is 0 Å². The lowest BCUT2D eigenvalue weighted by molar-refractivity contribution is -0.161. The third-order valence-corrected chi connectivity index (χ3v) is 3.99. The predicted molar refractivity (Wildman–Crippen MR) is 87.5 cm³/mol. The minimum Gasteiger partial charge on any atom is -0.463 e. The van der Waals surface area contributed by atoms with Gasteiger partial charge in [0.15, 0.2) is 0 Å². The van der Waals surface area contributed by atoms with E-state index in [-0.39, 0.29) is 12.0 Å². The molecule has 3 rings (SSSR count). The summed E-state index contributed by atoms with van der Waals surface area (Å²) in [5.41, 5.74) is 2.29. The van der Waals surface area contributed by atoms with Crippen molar-refractivity contribution in [2.24, 2.45) is 0 Å². The fourth-order valence-corrected chi connectivity index (χ4v) is 2.90. The fourth-order valence-electron chi connectivity index (χ4n) is 2.90. The van der Waals surface area contributed by atoms with E-state index in [1.165, 1.54) is 0 Å². The van der Waals surface area contributed by atoms with Gasteiger partial charge in [-0.15, -0.1) is 0 Å².